The second kappa shape index (κ2) is 4.57. The molecule has 0 saturated heterocycles. The van der Waals surface area contributed by atoms with E-state index in [0.717, 1.165) is 11.4 Å². The van der Waals surface area contributed by atoms with E-state index in [2.05, 4.69) is 4.98 Å². The minimum absolute atomic E-state index is 0.0408. The smallest absolute Gasteiger partial charge is 0.166 e. The summed E-state index contributed by atoms with van der Waals surface area (Å²) in [4.78, 5) is 16.1. The highest BCUT2D eigenvalue weighted by molar-refractivity contribution is 5.97. The van der Waals surface area contributed by atoms with Crippen LogP contribution >= 0.6 is 0 Å². The highest BCUT2D eigenvalue weighted by Crippen LogP contribution is 2.10. The number of Topliss-reactive ketones (excluding diaryl/α,β-unsaturated/α-hetero) is 1. The Morgan fingerprint density at radius 2 is 2.18 bits per heavy atom. The number of imidazole rings is 1. The van der Waals surface area contributed by atoms with Gasteiger partial charge in [-0.3, -0.25) is 4.79 Å². The first kappa shape index (κ1) is 11.6. The predicted molar refractivity (Wildman–Crippen MR) is 65.9 cm³/mol. The van der Waals surface area contributed by atoms with E-state index in [0.29, 0.717) is 6.54 Å². The topological polar surface area (TPSA) is 39.8 Å². The lowest BCUT2D eigenvalue weighted by Gasteiger charge is -2.03. The van der Waals surface area contributed by atoms with Crippen LogP contribution in [0.1, 0.15) is 30.0 Å². The maximum absolute atomic E-state index is 11.8. The van der Waals surface area contributed by atoms with Gasteiger partial charge in [-0.05, 0) is 6.07 Å². The zero-order valence-corrected chi connectivity index (χ0v) is 10.4. The van der Waals surface area contributed by atoms with Crippen LogP contribution in [0.5, 0.6) is 0 Å². The van der Waals surface area contributed by atoms with Crippen LogP contribution in [0.15, 0.2) is 30.9 Å². The summed E-state index contributed by atoms with van der Waals surface area (Å²) in [5.41, 5.74) is 0.772. The molecule has 0 saturated carbocycles. The molecular formula is C13H17N3O. The lowest BCUT2D eigenvalue weighted by molar-refractivity contribution is 0.0939. The standard InChI is InChI=1S/C13H17N3O/c1-10(2)13(17)11-4-6-16(8-11)9-12-14-5-7-15(12)3/h4-8,10H,9H2,1-3H3. The Hall–Kier alpha value is -1.84. The first-order valence-corrected chi connectivity index (χ1v) is 5.74. The quantitative estimate of drug-likeness (QED) is 0.756. The van der Waals surface area contributed by atoms with Crippen LogP contribution in [0, 0.1) is 5.92 Å². The van der Waals surface area contributed by atoms with Crippen molar-refractivity contribution in [3.8, 4) is 0 Å². The van der Waals surface area contributed by atoms with Gasteiger partial charge in [-0.15, -0.1) is 0 Å². The highest BCUT2D eigenvalue weighted by atomic mass is 16.1. The summed E-state index contributed by atoms with van der Waals surface area (Å²) >= 11 is 0. The number of ketones is 1. The zero-order chi connectivity index (χ0) is 12.4. The second-order valence-corrected chi connectivity index (χ2v) is 4.55. The monoisotopic (exact) mass is 231 g/mol. The molecular weight excluding hydrogens is 214 g/mol. The predicted octanol–water partition coefficient (Wildman–Crippen LogP) is 2.11. The molecule has 17 heavy (non-hydrogen) atoms. The fourth-order valence-electron chi connectivity index (χ4n) is 1.73. The average molecular weight is 231 g/mol. The molecule has 0 bridgehead atoms. The van der Waals surface area contributed by atoms with E-state index in [9.17, 15) is 4.79 Å². The van der Waals surface area contributed by atoms with Crippen LogP contribution in [0.4, 0.5) is 0 Å². The zero-order valence-electron chi connectivity index (χ0n) is 10.4. The number of rotatable bonds is 4. The van der Waals surface area contributed by atoms with Crippen LogP contribution in [0.25, 0.3) is 0 Å². The molecule has 0 N–H and O–H groups in total. The SMILES string of the molecule is CC(C)C(=O)c1ccn(Cc2nccn2C)c1. The van der Waals surface area contributed by atoms with Gasteiger partial charge in [0, 0.05) is 43.3 Å². The van der Waals surface area contributed by atoms with Crippen molar-refractivity contribution in [2.75, 3.05) is 0 Å². The van der Waals surface area contributed by atoms with Crippen molar-refractivity contribution in [3.63, 3.8) is 0 Å². The molecule has 0 fully saturated rings. The van der Waals surface area contributed by atoms with Crippen LogP contribution in [0.3, 0.4) is 0 Å². The maximum Gasteiger partial charge on any atom is 0.166 e. The minimum Gasteiger partial charge on any atom is -0.346 e. The molecule has 0 aliphatic carbocycles. The van der Waals surface area contributed by atoms with E-state index < -0.39 is 0 Å². The molecule has 2 heterocycles. The Bertz CT molecular complexity index is 522. The third-order valence-corrected chi connectivity index (χ3v) is 2.80. The summed E-state index contributed by atoms with van der Waals surface area (Å²) in [6.07, 6.45) is 7.50. The van der Waals surface area contributed by atoms with Gasteiger partial charge in [-0.25, -0.2) is 4.98 Å². The van der Waals surface area contributed by atoms with E-state index in [4.69, 9.17) is 0 Å². The molecule has 0 atom stereocenters. The maximum atomic E-state index is 11.8. The van der Waals surface area contributed by atoms with Crippen molar-refractivity contribution in [1.82, 2.24) is 14.1 Å². The molecule has 4 heteroatoms. The summed E-state index contributed by atoms with van der Waals surface area (Å²) in [6, 6.07) is 1.87. The summed E-state index contributed by atoms with van der Waals surface area (Å²) in [5, 5.41) is 0. The highest BCUT2D eigenvalue weighted by Gasteiger charge is 2.11. The summed E-state index contributed by atoms with van der Waals surface area (Å²) < 4.78 is 3.96. The summed E-state index contributed by atoms with van der Waals surface area (Å²) in [6.45, 7) is 4.52. The van der Waals surface area contributed by atoms with Crippen molar-refractivity contribution in [1.29, 1.82) is 0 Å². The van der Waals surface area contributed by atoms with Crippen molar-refractivity contribution in [2.45, 2.75) is 20.4 Å². The largest absolute Gasteiger partial charge is 0.346 e. The van der Waals surface area contributed by atoms with Crippen LogP contribution in [0.2, 0.25) is 0 Å². The molecule has 0 aliphatic rings. The molecule has 0 unspecified atom stereocenters. The normalized spacial score (nSPS) is 11.1. The van der Waals surface area contributed by atoms with Gasteiger partial charge in [-0.1, -0.05) is 13.8 Å². The van der Waals surface area contributed by atoms with E-state index in [-0.39, 0.29) is 11.7 Å². The van der Waals surface area contributed by atoms with Gasteiger partial charge in [0.05, 0.1) is 6.54 Å². The average Bonchev–Trinajstić information content (AvgIpc) is 2.88. The van der Waals surface area contributed by atoms with Gasteiger partial charge in [0.15, 0.2) is 5.78 Å². The van der Waals surface area contributed by atoms with Gasteiger partial charge in [-0.2, -0.15) is 0 Å². The Labute approximate surface area is 101 Å². The van der Waals surface area contributed by atoms with Crippen LogP contribution in [-0.2, 0) is 13.6 Å². The van der Waals surface area contributed by atoms with Gasteiger partial charge >= 0.3 is 0 Å². The number of aryl methyl sites for hydroxylation is 1. The van der Waals surface area contributed by atoms with E-state index in [1.54, 1.807) is 6.20 Å². The Balaban J connectivity index is 2.14. The van der Waals surface area contributed by atoms with Gasteiger partial charge in [0.2, 0.25) is 0 Å². The first-order valence-electron chi connectivity index (χ1n) is 5.74. The van der Waals surface area contributed by atoms with E-state index in [1.807, 2.05) is 54.7 Å². The molecule has 2 rings (SSSR count). The van der Waals surface area contributed by atoms with Gasteiger partial charge < -0.3 is 9.13 Å². The van der Waals surface area contributed by atoms with Crippen molar-refractivity contribution in [2.24, 2.45) is 13.0 Å². The lowest BCUT2D eigenvalue weighted by Crippen LogP contribution is -2.07. The number of aromatic nitrogens is 3. The number of hydrogen-bond acceptors (Lipinski definition) is 2. The Morgan fingerprint density at radius 1 is 1.41 bits per heavy atom. The minimum atomic E-state index is 0.0408. The number of carbonyl (C=O) groups is 1. The molecule has 4 nitrogen and oxygen atoms in total. The lowest BCUT2D eigenvalue weighted by atomic mass is 10.0. The summed E-state index contributed by atoms with van der Waals surface area (Å²) in [7, 11) is 1.96. The summed E-state index contributed by atoms with van der Waals surface area (Å²) in [5.74, 6) is 1.20. The molecule has 90 valence electrons. The van der Waals surface area contributed by atoms with Gasteiger partial charge in [0.1, 0.15) is 5.82 Å². The van der Waals surface area contributed by atoms with E-state index in [1.165, 1.54) is 0 Å². The molecule has 0 aliphatic heterocycles. The van der Waals surface area contributed by atoms with Crippen molar-refractivity contribution >= 4 is 5.78 Å². The fourth-order valence-corrected chi connectivity index (χ4v) is 1.73. The van der Waals surface area contributed by atoms with Crippen LogP contribution in [-0.4, -0.2) is 19.9 Å². The molecule has 0 aromatic carbocycles. The molecule has 0 amide bonds. The van der Waals surface area contributed by atoms with Gasteiger partial charge in [0.25, 0.3) is 0 Å². The fraction of sp³-hybridized carbons (Fsp3) is 0.385. The van der Waals surface area contributed by atoms with Crippen molar-refractivity contribution in [3.05, 3.63) is 42.2 Å². The number of carbonyl (C=O) groups excluding carboxylic acids is 1. The second-order valence-electron chi connectivity index (χ2n) is 4.55. The Morgan fingerprint density at radius 3 is 2.76 bits per heavy atom. The Kier molecular flexibility index (Phi) is 3.13. The molecule has 0 radical (unpaired) electrons. The number of nitrogens with zero attached hydrogens (tertiary/aromatic N) is 3. The van der Waals surface area contributed by atoms with Crippen LogP contribution < -0.4 is 0 Å². The number of hydrogen-bond donors (Lipinski definition) is 0. The van der Waals surface area contributed by atoms with E-state index >= 15 is 0 Å². The third-order valence-electron chi connectivity index (χ3n) is 2.80. The third kappa shape index (κ3) is 2.46. The van der Waals surface area contributed by atoms with Crippen molar-refractivity contribution < 1.29 is 4.79 Å². The molecule has 0 spiro atoms. The molecule has 2 aromatic rings. The molecule has 2 aromatic heterocycles. The first-order chi connectivity index (χ1) is 8.08.